The first kappa shape index (κ1) is 17.8. The van der Waals surface area contributed by atoms with E-state index in [4.69, 9.17) is 11.6 Å². The SMILES string of the molecule is CCc1cccc2c1N=C/C2=C\c1sc(=O)n(Cc2ccccc2Cl)c1O. The van der Waals surface area contributed by atoms with Crippen LogP contribution in [0.15, 0.2) is 52.3 Å². The van der Waals surface area contributed by atoms with Crippen LogP contribution in [0.5, 0.6) is 5.88 Å². The van der Waals surface area contributed by atoms with Gasteiger partial charge in [0.05, 0.1) is 17.1 Å². The van der Waals surface area contributed by atoms with Gasteiger partial charge in [-0.2, -0.15) is 0 Å². The minimum absolute atomic E-state index is 0.0501. The lowest BCUT2D eigenvalue weighted by molar-refractivity contribution is 0.420. The number of rotatable bonds is 4. The van der Waals surface area contributed by atoms with Crippen molar-refractivity contribution in [3.63, 3.8) is 0 Å². The van der Waals surface area contributed by atoms with Gasteiger partial charge in [-0.3, -0.25) is 14.4 Å². The van der Waals surface area contributed by atoms with Crippen molar-refractivity contribution >= 4 is 46.5 Å². The van der Waals surface area contributed by atoms with Crippen LogP contribution in [0.2, 0.25) is 5.02 Å². The van der Waals surface area contributed by atoms with Crippen molar-refractivity contribution in [1.29, 1.82) is 0 Å². The van der Waals surface area contributed by atoms with Crippen LogP contribution in [0, 0.1) is 0 Å². The molecule has 1 aromatic heterocycles. The highest BCUT2D eigenvalue weighted by molar-refractivity contribution is 7.10. The normalized spacial score (nSPS) is 14.1. The number of allylic oxidation sites excluding steroid dienone is 1. The molecule has 0 amide bonds. The van der Waals surface area contributed by atoms with Crippen molar-refractivity contribution in [2.45, 2.75) is 19.9 Å². The number of aliphatic imine (C=N–C) groups is 1. The number of hydrogen-bond donors (Lipinski definition) is 1. The summed E-state index contributed by atoms with van der Waals surface area (Å²) in [5.41, 5.74) is 4.84. The minimum atomic E-state index is -0.225. The highest BCUT2D eigenvalue weighted by atomic mass is 35.5. The minimum Gasteiger partial charge on any atom is -0.493 e. The van der Waals surface area contributed by atoms with Gasteiger partial charge >= 0.3 is 4.87 Å². The number of nitrogens with zero attached hydrogens (tertiary/aromatic N) is 2. The van der Waals surface area contributed by atoms with Crippen molar-refractivity contribution < 1.29 is 5.11 Å². The lowest BCUT2D eigenvalue weighted by Gasteiger charge is -2.06. The zero-order chi connectivity index (χ0) is 19.0. The topological polar surface area (TPSA) is 54.6 Å². The average Bonchev–Trinajstić information content (AvgIpc) is 3.20. The molecule has 2 heterocycles. The molecule has 2 aromatic carbocycles. The molecule has 4 nitrogen and oxygen atoms in total. The van der Waals surface area contributed by atoms with Gasteiger partial charge in [0, 0.05) is 22.4 Å². The molecule has 1 aliphatic rings. The molecule has 0 radical (unpaired) electrons. The van der Waals surface area contributed by atoms with Gasteiger partial charge in [-0.05, 0) is 29.7 Å². The Hall–Kier alpha value is -2.63. The van der Waals surface area contributed by atoms with E-state index in [0.29, 0.717) is 9.90 Å². The Labute approximate surface area is 165 Å². The third-order valence-electron chi connectivity index (χ3n) is 4.61. The van der Waals surface area contributed by atoms with E-state index < -0.39 is 0 Å². The second kappa shape index (κ2) is 7.18. The Morgan fingerprint density at radius 2 is 1.96 bits per heavy atom. The highest BCUT2D eigenvalue weighted by Gasteiger charge is 2.18. The summed E-state index contributed by atoms with van der Waals surface area (Å²) in [6.45, 7) is 2.33. The van der Waals surface area contributed by atoms with E-state index in [1.54, 1.807) is 12.3 Å². The van der Waals surface area contributed by atoms with E-state index >= 15 is 0 Å². The van der Waals surface area contributed by atoms with Crippen LogP contribution in [-0.2, 0) is 13.0 Å². The van der Waals surface area contributed by atoms with Crippen LogP contribution in [0.25, 0.3) is 11.6 Å². The monoisotopic (exact) mass is 396 g/mol. The van der Waals surface area contributed by atoms with Crippen LogP contribution in [0.4, 0.5) is 5.69 Å². The number of halogens is 1. The summed E-state index contributed by atoms with van der Waals surface area (Å²) >= 11 is 7.20. The summed E-state index contributed by atoms with van der Waals surface area (Å²) in [6, 6.07) is 13.4. The molecule has 4 rings (SSSR count). The molecule has 0 bridgehead atoms. The number of aryl methyl sites for hydroxylation is 1. The van der Waals surface area contributed by atoms with Crippen LogP contribution >= 0.6 is 22.9 Å². The van der Waals surface area contributed by atoms with E-state index in [-0.39, 0.29) is 17.3 Å². The number of aromatic hydroxyl groups is 1. The molecule has 1 aliphatic heterocycles. The van der Waals surface area contributed by atoms with E-state index in [9.17, 15) is 9.90 Å². The van der Waals surface area contributed by atoms with Crippen molar-refractivity contribution in [2.24, 2.45) is 4.99 Å². The highest BCUT2D eigenvalue weighted by Crippen LogP contribution is 2.37. The van der Waals surface area contributed by atoms with Gasteiger partial charge in [-0.25, -0.2) is 0 Å². The zero-order valence-corrected chi connectivity index (χ0v) is 16.2. The van der Waals surface area contributed by atoms with E-state index in [0.717, 1.165) is 40.1 Å². The third-order valence-corrected chi connectivity index (χ3v) is 5.89. The first-order chi connectivity index (χ1) is 13.1. The van der Waals surface area contributed by atoms with Crippen molar-refractivity contribution in [3.8, 4) is 5.88 Å². The summed E-state index contributed by atoms with van der Waals surface area (Å²) in [4.78, 5) is 17.2. The average molecular weight is 397 g/mol. The molecular formula is C21H17ClN2O2S. The van der Waals surface area contributed by atoms with E-state index in [2.05, 4.69) is 18.0 Å². The fourth-order valence-corrected chi connectivity index (χ4v) is 4.20. The summed E-state index contributed by atoms with van der Waals surface area (Å²) in [6.07, 6.45) is 4.51. The fourth-order valence-electron chi connectivity index (χ4n) is 3.17. The number of para-hydroxylation sites is 1. The predicted octanol–water partition coefficient (Wildman–Crippen LogP) is 5.14. The Morgan fingerprint density at radius 3 is 2.74 bits per heavy atom. The van der Waals surface area contributed by atoms with E-state index in [1.165, 1.54) is 10.1 Å². The Bertz CT molecular complexity index is 1140. The fraction of sp³-hybridized carbons (Fsp3) is 0.143. The van der Waals surface area contributed by atoms with Crippen molar-refractivity contribution in [2.75, 3.05) is 0 Å². The molecule has 0 saturated heterocycles. The number of aromatic nitrogens is 1. The van der Waals surface area contributed by atoms with Gasteiger partial charge in [-0.15, -0.1) is 0 Å². The van der Waals surface area contributed by atoms with Gasteiger partial charge in [-0.1, -0.05) is 66.3 Å². The summed E-state index contributed by atoms with van der Waals surface area (Å²) in [7, 11) is 0. The van der Waals surface area contributed by atoms with Crippen LogP contribution < -0.4 is 4.87 Å². The molecular weight excluding hydrogens is 380 g/mol. The quantitative estimate of drug-likeness (QED) is 0.664. The van der Waals surface area contributed by atoms with Crippen molar-refractivity contribution in [1.82, 2.24) is 4.57 Å². The molecule has 1 N–H and O–H groups in total. The largest absolute Gasteiger partial charge is 0.493 e. The zero-order valence-electron chi connectivity index (χ0n) is 14.6. The second-order valence-corrected chi connectivity index (χ2v) is 7.66. The molecule has 0 spiro atoms. The maximum absolute atomic E-state index is 12.4. The van der Waals surface area contributed by atoms with Crippen molar-refractivity contribution in [3.05, 3.63) is 78.7 Å². The maximum Gasteiger partial charge on any atom is 0.310 e. The molecule has 0 aliphatic carbocycles. The van der Waals surface area contributed by atoms with Gasteiger partial charge in [0.25, 0.3) is 0 Å². The molecule has 3 aromatic rings. The summed E-state index contributed by atoms with van der Waals surface area (Å²) < 4.78 is 1.34. The van der Waals surface area contributed by atoms with Gasteiger partial charge < -0.3 is 5.11 Å². The lowest BCUT2D eigenvalue weighted by Crippen LogP contribution is -2.13. The predicted molar refractivity (Wildman–Crippen MR) is 113 cm³/mol. The number of benzene rings is 2. The Morgan fingerprint density at radius 1 is 1.19 bits per heavy atom. The number of fused-ring (bicyclic) bond motifs is 1. The van der Waals surface area contributed by atoms with E-state index in [1.807, 2.05) is 36.4 Å². The number of hydrogen-bond acceptors (Lipinski definition) is 4. The summed E-state index contributed by atoms with van der Waals surface area (Å²) in [5, 5.41) is 11.2. The Kier molecular flexibility index (Phi) is 4.72. The molecule has 136 valence electrons. The molecule has 0 fully saturated rings. The van der Waals surface area contributed by atoms with Gasteiger partial charge in [0.2, 0.25) is 5.88 Å². The van der Waals surface area contributed by atoms with Crippen LogP contribution in [-0.4, -0.2) is 15.9 Å². The maximum atomic E-state index is 12.4. The first-order valence-corrected chi connectivity index (χ1v) is 9.82. The molecule has 27 heavy (non-hydrogen) atoms. The molecule has 0 atom stereocenters. The molecule has 6 heteroatoms. The standard InChI is InChI=1S/C21H17ClN2O2S/c1-2-13-7-5-8-16-15(11-23-19(13)16)10-18-20(25)24(21(26)27-18)12-14-6-3-4-9-17(14)22/h3-11,25H,2,12H2,1H3/b15-10+. The first-order valence-electron chi connectivity index (χ1n) is 8.62. The molecule has 0 saturated carbocycles. The van der Waals surface area contributed by atoms with Crippen LogP contribution in [0.1, 0.15) is 28.5 Å². The smallest absolute Gasteiger partial charge is 0.310 e. The lowest BCUT2D eigenvalue weighted by atomic mass is 10.0. The summed E-state index contributed by atoms with van der Waals surface area (Å²) in [5.74, 6) is -0.0501. The Balaban J connectivity index is 1.72. The van der Waals surface area contributed by atoms with Gasteiger partial charge in [0.15, 0.2) is 0 Å². The molecule has 0 unspecified atom stereocenters. The van der Waals surface area contributed by atoms with Gasteiger partial charge in [0.1, 0.15) is 0 Å². The van der Waals surface area contributed by atoms with Crippen LogP contribution in [0.3, 0.4) is 0 Å². The third kappa shape index (κ3) is 3.24. The number of thiazole rings is 1. The second-order valence-electron chi connectivity index (χ2n) is 6.26.